The second-order valence-electron chi connectivity index (χ2n) is 10.8. The number of phenols is 1. The Morgan fingerprint density at radius 1 is 1.10 bits per heavy atom. The maximum Gasteiger partial charge on any atom is 0.255 e. The van der Waals surface area contributed by atoms with E-state index in [1.165, 1.54) is 25.1 Å². The third-order valence-electron chi connectivity index (χ3n) is 8.29. The van der Waals surface area contributed by atoms with Crippen LogP contribution in [-0.4, -0.2) is 68.9 Å². The van der Waals surface area contributed by atoms with Gasteiger partial charge in [-0.15, -0.1) is 0 Å². The predicted octanol–water partition coefficient (Wildman–Crippen LogP) is 1.23. The number of nitriles is 1. The quantitative estimate of drug-likeness (QED) is 0.293. The van der Waals surface area contributed by atoms with Crippen molar-refractivity contribution in [1.82, 2.24) is 4.90 Å². The Labute approximate surface area is 233 Å². The predicted molar refractivity (Wildman–Crippen MR) is 145 cm³/mol. The van der Waals surface area contributed by atoms with E-state index in [0.717, 1.165) is 0 Å². The van der Waals surface area contributed by atoms with E-state index in [9.17, 15) is 35.0 Å². The number of primary amides is 1. The van der Waals surface area contributed by atoms with Crippen LogP contribution in [0.5, 0.6) is 5.75 Å². The van der Waals surface area contributed by atoms with Gasteiger partial charge in [0.25, 0.3) is 5.91 Å². The van der Waals surface area contributed by atoms with Gasteiger partial charge in [0.2, 0.25) is 0 Å². The molecule has 2 aromatic carbocycles. The Morgan fingerprint density at radius 2 is 1.73 bits per heavy atom. The number of halogens is 1. The van der Waals surface area contributed by atoms with Gasteiger partial charge in [0.15, 0.2) is 17.0 Å². The Bertz CT molecular complexity index is 1640. The summed E-state index contributed by atoms with van der Waals surface area (Å²) in [6.07, 6.45) is -0.583. The van der Waals surface area contributed by atoms with E-state index in [0.29, 0.717) is 21.7 Å². The first-order valence-corrected chi connectivity index (χ1v) is 12.6. The van der Waals surface area contributed by atoms with E-state index in [4.69, 9.17) is 28.8 Å². The molecular formula is C28H26ClN5O6. The van der Waals surface area contributed by atoms with Crippen molar-refractivity contribution in [1.29, 1.82) is 5.26 Å². The molecule has 1 fully saturated rings. The number of carbonyl (C=O) groups excluding carboxylic acids is 3. The fourth-order valence-electron chi connectivity index (χ4n) is 6.73. The van der Waals surface area contributed by atoms with E-state index in [-0.39, 0.29) is 17.7 Å². The molecule has 0 aliphatic heterocycles. The van der Waals surface area contributed by atoms with Crippen molar-refractivity contribution in [2.75, 3.05) is 14.1 Å². The Hall–Kier alpha value is -4.21. The molecule has 9 N–H and O–H groups in total. The number of hydrogen-bond acceptors (Lipinski definition) is 10. The lowest BCUT2D eigenvalue weighted by Crippen LogP contribution is -2.80. The van der Waals surface area contributed by atoms with Gasteiger partial charge >= 0.3 is 0 Å². The lowest BCUT2D eigenvalue weighted by atomic mass is 9.47. The summed E-state index contributed by atoms with van der Waals surface area (Å²) < 4.78 is 0. The van der Waals surface area contributed by atoms with Crippen LogP contribution in [0.25, 0.3) is 16.9 Å². The van der Waals surface area contributed by atoms with Crippen LogP contribution in [0, 0.1) is 16.7 Å². The molecule has 3 aliphatic rings. The van der Waals surface area contributed by atoms with Crippen molar-refractivity contribution in [3.8, 4) is 22.9 Å². The molecule has 1 saturated carbocycles. The fraction of sp³-hybridized carbons (Fsp3) is 0.286. The van der Waals surface area contributed by atoms with Crippen LogP contribution in [0.4, 0.5) is 0 Å². The Morgan fingerprint density at radius 3 is 2.27 bits per heavy atom. The highest BCUT2D eigenvalue weighted by Gasteiger charge is 2.74. The van der Waals surface area contributed by atoms with Crippen LogP contribution in [0.1, 0.15) is 17.5 Å². The smallest absolute Gasteiger partial charge is 0.255 e. The van der Waals surface area contributed by atoms with Gasteiger partial charge in [-0.2, -0.15) is 5.26 Å². The molecule has 0 aromatic heterocycles. The molecule has 1 amide bonds. The number of nitrogens with zero attached hydrogens (tertiary/aromatic N) is 2. The minimum atomic E-state index is -2.70. The maximum atomic E-state index is 14.4. The molecule has 0 heterocycles. The molecule has 12 heteroatoms. The average molecular weight is 564 g/mol. The number of phenolic OH excluding ortho intramolecular Hbond substituents is 1. The summed E-state index contributed by atoms with van der Waals surface area (Å²) >= 11 is 6.05. The molecule has 5 rings (SSSR count). The zero-order valence-corrected chi connectivity index (χ0v) is 22.3. The largest absolute Gasteiger partial charge is 0.509 e. The lowest BCUT2D eigenvalue weighted by molar-refractivity contribution is -0.139. The summed E-state index contributed by atoms with van der Waals surface area (Å²) in [5.74, 6) is -5.75. The van der Waals surface area contributed by atoms with Gasteiger partial charge < -0.3 is 32.5 Å². The first kappa shape index (κ1) is 27.4. The number of ketones is 2. The second kappa shape index (κ2) is 8.64. The normalized spacial score (nSPS) is 29.6. The van der Waals surface area contributed by atoms with Crippen LogP contribution in [0.15, 0.2) is 53.3 Å². The van der Waals surface area contributed by atoms with Gasteiger partial charge in [-0.25, -0.2) is 0 Å². The number of aromatic hydroxyl groups is 1. The number of likely N-dealkylation sites (N-methyl/N-ethyl adjacent to an activating group) is 1. The molecule has 40 heavy (non-hydrogen) atoms. The number of aliphatic hydroxyl groups excluding tert-OH is 2. The summed E-state index contributed by atoms with van der Waals surface area (Å²) in [6, 6.07) is 10.1. The van der Waals surface area contributed by atoms with E-state index in [2.05, 4.69) is 0 Å². The second-order valence-corrected chi connectivity index (χ2v) is 11.2. The molecule has 0 radical (unpaired) electrons. The summed E-state index contributed by atoms with van der Waals surface area (Å²) in [5, 5.41) is 44.5. The molecule has 2 aromatic rings. The third-order valence-corrected chi connectivity index (χ3v) is 8.54. The standard InChI is InChI=1S/C28H26ClN5O6/c1-34(2)22-21(37)18(25(31)40)23(38)27(11-30)24(39)19-20(36)17-15(9-26(19,32)10-28(22,27)33)14(7-8-16(17)35)12-3-5-13(29)6-4-12/h3-8,22,35-36,38H,9-10,32-33H2,1-2H3,(H2,31,40)/t22-,26-,27+,28-/m1/s1. The van der Waals surface area contributed by atoms with Gasteiger partial charge in [0, 0.05) is 5.02 Å². The van der Waals surface area contributed by atoms with Gasteiger partial charge in [-0.05, 0) is 61.8 Å². The number of nitrogens with two attached hydrogens (primary N) is 3. The van der Waals surface area contributed by atoms with Crippen molar-refractivity contribution >= 4 is 34.8 Å². The van der Waals surface area contributed by atoms with Gasteiger partial charge in [-0.1, -0.05) is 29.8 Å². The summed E-state index contributed by atoms with van der Waals surface area (Å²) in [5.41, 5.74) is 12.7. The highest BCUT2D eigenvalue weighted by atomic mass is 35.5. The first-order chi connectivity index (χ1) is 18.7. The molecule has 206 valence electrons. The lowest BCUT2D eigenvalue weighted by Gasteiger charge is -2.58. The van der Waals surface area contributed by atoms with E-state index < -0.39 is 69.1 Å². The SMILES string of the molecule is CN(C)[C@@H]1C(=O)C(C(N)=O)=C(O)[C@@]2(C#N)C(=O)C3=C(O)c4c(O)ccc(-c5ccc(Cl)cc5)c4C[C@@]3(N)C[C@@]12N. The molecule has 4 atom stereocenters. The minimum Gasteiger partial charge on any atom is -0.509 e. The molecule has 11 nitrogen and oxygen atoms in total. The highest BCUT2D eigenvalue weighted by Crippen LogP contribution is 2.58. The summed E-state index contributed by atoms with van der Waals surface area (Å²) in [6.45, 7) is 0. The number of benzene rings is 2. The molecule has 0 saturated heterocycles. The van der Waals surface area contributed by atoms with Crippen LogP contribution >= 0.6 is 11.6 Å². The number of fused-ring (bicyclic) bond motifs is 3. The Kier molecular flexibility index (Phi) is 5.91. The zero-order valence-electron chi connectivity index (χ0n) is 21.5. The molecule has 0 bridgehead atoms. The van der Waals surface area contributed by atoms with Gasteiger partial charge in [0.05, 0.1) is 34.3 Å². The van der Waals surface area contributed by atoms with Crippen molar-refractivity contribution in [3.05, 3.63) is 69.5 Å². The van der Waals surface area contributed by atoms with E-state index in [1.807, 2.05) is 0 Å². The van der Waals surface area contributed by atoms with Crippen molar-refractivity contribution in [2.45, 2.75) is 30.0 Å². The molecule has 0 spiro atoms. The highest BCUT2D eigenvalue weighted by molar-refractivity contribution is 6.30. The summed E-state index contributed by atoms with van der Waals surface area (Å²) in [4.78, 5) is 41.4. The molecular weight excluding hydrogens is 538 g/mol. The minimum absolute atomic E-state index is 0.0795. The molecule has 0 unspecified atom stereocenters. The van der Waals surface area contributed by atoms with Crippen LogP contribution in [-0.2, 0) is 20.8 Å². The average Bonchev–Trinajstić information content (AvgIpc) is 2.83. The number of rotatable bonds is 3. The van der Waals surface area contributed by atoms with E-state index in [1.54, 1.807) is 36.4 Å². The maximum absolute atomic E-state index is 14.4. The van der Waals surface area contributed by atoms with Crippen molar-refractivity contribution in [3.63, 3.8) is 0 Å². The number of carbonyl (C=O) groups is 3. The third kappa shape index (κ3) is 3.25. The number of hydrogen-bond donors (Lipinski definition) is 6. The van der Waals surface area contributed by atoms with Crippen molar-refractivity contribution < 1.29 is 29.7 Å². The van der Waals surface area contributed by atoms with Gasteiger partial charge in [0.1, 0.15) is 22.8 Å². The number of Topliss-reactive ketones (excluding diaryl/α,β-unsaturated/α-hetero) is 2. The summed E-state index contributed by atoms with van der Waals surface area (Å²) in [7, 11) is 2.92. The fourth-order valence-corrected chi connectivity index (χ4v) is 6.86. The monoisotopic (exact) mass is 563 g/mol. The van der Waals surface area contributed by atoms with Crippen molar-refractivity contribution in [2.24, 2.45) is 22.6 Å². The van der Waals surface area contributed by atoms with Gasteiger partial charge in [-0.3, -0.25) is 19.3 Å². The number of aliphatic hydroxyl groups is 2. The van der Waals surface area contributed by atoms with Crippen LogP contribution in [0.2, 0.25) is 5.02 Å². The first-order valence-electron chi connectivity index (χ1n) is 12.2. The van der Waals surface area contributed by atoms with Crippen LogP contribution < -0.4 is 17.2 Å². The Balaban J connectivity index is 1.86. The van der Waals surface area contributed by atoms with Crippen LogP contribution in [0.3, 0.4) is 0 Å². The number of amides is 1. The van der Waals surface area contributed by atoms with E-state index >= 15 is 0 Å². The zero-order chi connectivity index (χ0) is 29.5. The molecule has 3 aliphatic carbocycles. The topological polar surface area (TPSA) is 217 Å².